The van der Waals surface area contributed by atoms with Crippen LogP contribution in [0, 0.1) is 0 Å². The van der Waals surface area contributed by atoms with Crippen molar-refractivity contribution in [3.63, 3.8) is 0 Å². The first-order valence-electron chi connectivity index (χ1n) is 15.4. The van der Waals surface area contributed by atoms with Crippen molar-refractivity contribution in [2.75, 3.05) is 0 Å². The van der Waals surface area contributed by atoms with Crippen molar-refractivity contribution < 1.29 is 0 Å². The molecule has 0 saturated carbocycles. The van der Waals surface area contributed by atoms with Gasteiger partial charge in [0, 0.05) is 59.3 Å². The second-order valence-corrected chi connectivity index (χ2v) is 12.9. The van der Waals surface area contributed by atoms with E-state index in [2.05, 4.69) is 167 Å². The number of aromatic nitrogens is 2. The Bertz CT molecular complexity index is 2740. The quantitative estimate of drug-likeness (QED) is 0.194. The second kappa shape index (κ2) is 9.43. The van der Waals surface area contributed by atoms with Gasteiger partial charge in [-0.15, -0.1) is 11.3 Å². The van der Waals surface area contributed by atoms with Gasteiger partial charge in [-0.1, -0.05) is 91.0 Å². The van der Waals surface area contributed by atoms with Gasteiger partial charge >= 0.3 is 0 Å². The molecule has 0 spiro atoms. The summed E-state index contributed by atoms with van der Waals surface area (Å²) in [5, 5.41) is 9.06. The van der Waals surface area contributed by atoms with Crippen LogP contribution in [-0.4, -0.2) is 9.13 Å². The molecule has 0 fully saturated rings. The molecule has 0 saturated heterocycles. The minimum Gasteiger partial charge on any atom is -0.317 e. The summed E-state index contributed by atoms with van der Waals surface area (Å²) in [4.78, 5) is 0. The van der Waals surface area contributed by atoms with E-state index < -0.39 is 0 Å². The Morgan fingerprint density at radius 1 is 0.444 bits per heavy atom. The number of rotatable bonds is 3. The fraction of sp³-hybridized carbons (Fsp3) is 0. The largest absolute Gasteiger partial charge is 0.317 e. The average Bonchev–Trinajstić information content (AvgIpc) is 3.80. The van der Waals surface area contributed by atoms with Gasteiger partial charge in [0.2, 0.25) is 0 Å². The summed E-state index contributed by atoms with van der Waals surface area (Å²) >= 11 is 1.91. The van der Waals surface area contributed by atoms with Crippen molar-refractivity contribution >= 4 is 75.0 Å². The number of thiophene rings is 1. The lowest BCUT2D eigenvalue weighted by Gasteiger charge is -2.10. The maximum absolute atomic E-state index is 2.46. The minimum absolute atomic E-state index is 1.18. The first kappa shape index (κ1) is 24.8. The maximum atomic E-state index is 2.46. The molecule has 7 aromatic carbocycles. The van der Waals surface area contributed by atoms with Crippen LogP contribution in [0.3, 0.4) is 0 Å². The average molecular weight is 591 g/mol. The zero-order chi connectivity index (χ0) is 29.5. The molecule has 3 heteroatoms. The Kier molecular flexibility index (Phi) is 5.19. The van der Waals surface area contributed by atoms with Crippen LogP contribution in [-0.2, 0) is 0 Å². The SMILES string of the molecule is c1ccc(-n2ccc3cc(-c4ccc5sc6c(ccc7ccc8c9ccccc9n(-c9ccccc9)c8c76)c5c4)ccc32)cc1. The fourth-order valence-corrected chi connectivity index (χ4v) is 8.49. The molecule has 0 radical (unpaired) electrons. The molecule has 0 amide bonds. The van der Waals surface area contributed by atoms with Gasteiger partial charge in [-0.05, 0) is 77.2 Å². The standard InChI is InChI=1S/C42H26N2S/c1-3-9-31(10-4-1)43-24-23-30-25-28(17-21-37(30)43)29-18-22-39-36(26-29)35-20-16-27-15-19-34-33-13-7-8-14-38(33)44(32-11-5-2-6-12-32)41(34)40(27)42(35)45-39/h1-26H. The summed E-state index contributed by atoms with van der Waals surface area (Å²) < 4.78 is 7.38. The van der Waals surface area contributed by atoms with Crippen LogP contribution >= 0.6 is 11.3 Å². The van der Waals surface area contributed by atoms with Gasteiger partial charge in [0.15, 0.2) is 0 Å². The summed E-state index contributed by atoms with van der Waals surface area (Å²) in [6.07, 6.45) is 2.17. The van der Waals surface area contributed by atoms with Crippen LogP contribution in [0.1, 0.15) is 0 Å². The van der Waals surface area contributed by atoms with Crippen LogP contribution in [0.2, 0.25) is 0 Å². The molecule has 0 unspecified atom stereocenters. The molecule has 2 nitrogen and oxygen atoms in total. The molecule has 10 rings (SSSR count). The van der Waals surface area contributed by atoms with E-state index in [-0.39, 0.29) is 0 Å². The topological polar surface area (TPSA) is 9.86 Å². The van der Waals surface area contributed by atoms with Crippen LogP contribution in [0.25, 0.3) is 86.2 Å². The molecule has 45 heavy (non-hydrogen) atoms. The van der Waals surface area contributed by atoms with Crippen molar-refractivity contribution in [3.8, 4) is 22.5 Å². The van der Waals surface area contributed by atoms with Gasteiger partial charge in [0.05, 0.1) is 16.6 Å². The Morgan fingerprint density at radius 3 is 2.00 bits per heavy atom. The van der Waals surface area contributed by atoms with Gasteiger partial charge < -0.3 is 9.13 Å². The summed E-state index contributed by atoms with van der Waals surface area (Å²) in [6, 6.07) is 55.4. The van der Waals surface area contributed by atoms with E-state index in [4.69, 9.17) is 0 Å². The predicted molar refractivity (Wildman–Crippen MR) is 193 cm³/mol. The number of fused-ring (bicyclic) bond motifs is 10. The lowest BCUT2D eigenvalue weighted by Crippen LogP contribution is -1.93. The van der Waals surface area contributed by atoms with Gasteiger partial charge in [0.1, 0.15) is 0 Å². The first-order valence-corrected chi connectivity index (χ1v) is 16.2. The number of para-hydroxylation sites is 3. The van der Waals surface area contributed by atoms with Crippen LogP contribution in [0.4, 0.5) is 0 Å². The lowest BCUT2D eigenvalue weighted by atomic mass is 9.99. The van der Waals surface area contributed by atoms with Crippen molar-refractivity contribution in [2.24, 2.45) is 0 Å². The third kappa shape index (κ3) is 3.62. The van der Waals surface area contributed by atoms with E-state index in [1.165, 1.54) is 86.2 Å². The highest BCUT2D eigenvalue weighted by Crippen LogP contribution is 2.45. The number of hydrogen-bond acceptors (Lipinski definition) is 1. The van der Waals surface area contributed by atoms with E-state index in [0.717, 1.165) is 0 Å². The summed E-state index contributed by atoms with van der Waals surface area (Å²) in [7, 11) is 0. The maximum Gasteiger partial charge on any atom is 0.0633 e. The number of nitrogens with zero attached hydrogens (tertiary/aromatic N) is 2. The summed E-state index contributed by atoms with van der Waals surface area (Å²) in [5.74, 6) is 0. The zero-order valence-electron chi connectivity index (χ0n) is 24.3. The predicted octanol–water partition coefficient (Wildman–Crippen LogP) is 11.9. The Labute approximate surface area is 263 Å². The first-order chi connectivity index (χ1) is 22.3. The number of benzene rings is 7. The smallest absolute Gasteiger partial charge is 0.0633 e. The molecular weight excluding hydrogens is 565 g/mol. The lowest BCUT2D eigenvalue weighted by molar-refractivity contribution is 1.13. The van der Waals surface area contributed by atoms with E-state index in [0.29, 0.717) is 0 Å². The third-order valence-corrected chi connectivity index (χ3v) is 10.5. The summed E-state index contributed by atoms with van der Waals surface area (Å²) in [6.45, 7) is 0. The molecule has 3 heterocycles. The van der Waals surface area contributed by atoms with E-state index in [9.17, 15) is 0 Å². The van der Waals surface area contributed by atoms with E-state index in [1.54, 1.807) is 0 Å². The zero-order valence-corrected chi connectivity index (χ0v) is 25.1. The van der Waals surface area contributed by atoms with Gasteiger partial charge in [0.25, 0.3) is 0 Å². The normalized spacial score (nSPS) is 12.0. The Hall–Kier alpha value is -5.64. The number of hydrogen-bond donors (Lipinski definition) is 0. The molecule has 0 aliphatic rings. The highest BCUT2D eigenvalue weighted by molar-refractivity contribution is 7.26. The van der Waals surface area contributed by atoms with Crippen molar-refractivity contribution in [1.82, 2.24) is 9.13 Å². The Morgan fingerprint density at radius 2 is 1.16 bits per heavy atom. The molecular formula is C42H26N2S. The van der Waals surface area contributed by atoms with Crippen molar-refractivity contribution in [1.29, 1.82) is 0 Å². The highest BCUT2D eigenvalue weighted by atomic mass is 32.1. The van der Waals surface area contributed by atoms with E-state index >= 15 is 0 Å². The van der Waals surface area contributed by atoms with Crippen molar-refractivity contribution in [2.45, 2.75) is 0 Å². The molecule has 3 aromatic heterocycles. The third-order valence-electron chi connectivity index (χ3n) is 9.32. The van der Waals surface area contributed by atoms with Crippen LogP contribution < -0.4 is 0 Å². The highest BCUT2D eigenvalue weighted by Gasteiger charge is 2.18. The molecule has 10 aromatic rings. The molecule has 210 valence electrons. The Balaban J connectivity index is 1.21. The molecule has 0 atom stereocenters. The molecule has 0 N–H and O–H groups in total. The second-order valence-electron chi connectivity index (χ2n) is 11.8. The molecule has 0 bridgehead atoms. The fourth-order valence-electron chi connectivity index (χ4n) is 7.25. The van der Waals surface area contributed by atoms with Gasteiger partial charge in [-0.3, -0.25) is 0 Å². The van der Waals surface area contributed by atoms with Crippen LogP contribution in [0.5, 0.6) is 0 Å². The minimum atomic E-state index is 1.18. The van der Waals surface area contributed by atoms with Gasteiger partial charge in [-0.25, -0.2) is 0 Å². The van der Waals surface area contributed by atoms with Gasteiger partial charge in [-0.2, -0.15) is 0 Å². The molecule has 0 aliphatic carbocycles. The molecule has 0 aliphatic heterocycles. The van der Waals surface area contributed by atoms with Crippen molar-refractivity contribution in [3.05, 3.63) is 158 Å². The van der Waals surface area contributed by atoms with Crippen LogP contribution in [0.15, 0.2) is 158 Å². The summed E-state index contributed by atoms with van der Waals surface area (Å²) in [5.41, 5.74) is 8.59. The van der Waals surface area contributed by atoms with E-state index in [1.807, 2.05) is 11.3 Å². The monoisotopic (exact) mass is 590 g/mol.